The first-order valence-electron chi connectivity index (χ1n) is 9.41. The second kappa shape index (κ2) is 8.57. The van der Waals surface area contributed by atoms with E-state index in [0.717, 1.165) is 10.3 Å². The zero-order valence-electron chi connectivity index (χ0n) is 16.9. The minimum absolute atomic E-state index is 0.0531. The second-order valence-corrected chi connectivity index (χ2v) is 7.14. The lowest BCUT2D eigenvalue weighted by Crippen LogP contribution is -2.42. The summed E-state index contributed by atoms with van der Waals surface area (Å²) >= 11 is 5.96. The molecule has 0 spiro atoms. The molecule has 4 rings (SSSR count). The molecule has 4 aromatic rings. The molecule has 0 bridgehead atoms. The number of rotatable bonds is 6. The Balaban J connectivity index is 1.80. The van der Waals surface area contributed by atoms with Crippen LogP contribution < -0.4 is 24.6 Å². The summed E-state index contributed by atoms with van der Waals surface area (Å²) in [5.74, 6) is 1.14. The van der Waals surface area contributed by atoms with Gasteiger partial charge in [-0.2, -0.15) is 4.73 Å². The number of halogens is 1. The Morgan fingerprint density at radius 2 is 1.68 bits per heavy atom. The van der Waals surface area contributed by atoms with Gasteiger partial charge in [-0.25, -0.2) is 0 Å². The number of methoxy groups -OCH3 is 2. The van der Waals surface area contributed by atoms with Crippen molar-refractivity contribution in [3.05, 3.63) is 92.9 Å². The van der Waals surface area contributed by atoms with Gasteiger partial charge in [0.1, 0.15) is 6.61 Å². The fourth-order valence-electron chi connectivity index (χ4n) is 3.31. The number of ether oxygens (including phenoxy) is 2. The van der Waals surface area contributed by atoms with Crippen LogP contribution in [0.1, 0.15) is 5.56 Å². The van der Waals surface area contributed by atoms with E-state index in [9.17, 15) is 10.0 Å². The van der Waals surface area contributed by atoms with E-state index in [0.29, 0.717) is 37.8 Å². The van der Waals surface area contributed by atoms with Gasteiger partial charge >= 0.3 is 5.56 Å². The number of aromatic nitrogens is 2. The van der Waals surface area contributed by atoms with E-state index in [1.165, 1.54) is 0 Å². The quantitative estimate of drug-likeness (QED) is 0.339. The van der Waals surface area contributed by atoms with Crippen LogP contribution in [0.15, 0.2) is 71.5 Å². The minimum Gasteiger partial charge on any atom is -0.618 e. The first-order valence-corrected chi connectivity index (χ1v) is 9.78. The van der Waals surface area contributed by atoms with Crippen molar-refractivity contribution in [1.29, 1.82) is 0 Å². The maximum Gasteiger partial charge on any atom is 0.357 e. The lowest BCUT2D eigenvalue weighted by Gasteiger charge is -2.15. The molecule has 31 heavy (non-hydrogen) atoms. The number of para-hydroxylation sites is 2. The van der Waals surface area contributed by atoms with Gasteiger partial charge in [-0.1, -0.05) is 29.8 Å². The van der Waals surface area contributed by atoms with Gasteiger partial charge in [-0.15, -0.1) is 4.73 Å². The smallest absolute Gasteiger partial charge is 0.357 e. The standard InChI is InChI=1S/C23H19ClN2O5/c1-29-20-12-7-15(13-21(20)30-2)14-31-26-19-6-4-3-5-18(19)25(28)22(23(26)27)16-8-10-17(24)11-9-16/h3-13H,14H2,1-2H3. The molecule has 0 saturated heterocycles. The molecule has 1 heterocycles. The topological polar surface area (TPSA) is 76.6 Å². The summed E-state index contributed by atoms with van der Waals surface area (Å²) < 4.78 is 12.3. The highest BCUT2D eigenvalue weighted by molar-refractivity contribution is 6.30. The summed E-state index contributed by atoms with van der Waals surface area (Å²) in [6.07, 6.45) is 0. The molecule has 0 aliphatic heterocycles. The van der Waals surface area contributed by atoms with Gasteiger partial charge in [-0.3, -0.25) is 4.79 Å². The zero-order valence-corrected chi connectivity index (χ0v) is 17.6. The van der Waals surface area contributed by atoms with Gasteiger partial charge in [0.25, 0.3) is 5.69 Å². The van der Waals surface area contributed by atoms with Crippen LogP contribution in [0.3, 0.4) is 0 Å². The largest absolute Gasteiger partial charge is 0.618 e. The third kappa shape index (κ3) is 3.87. The van der Waals surface area contributed by atoms with Crippen molar-refractivity contribution in [2.75, 3.05) is 14.2 Å². The lowest BCUT2D eigenvalue weighted by molar-refractivity contribution is -0.566. The van der Waals surface area contributed by atoms with Gasteiger partial charge in [0.2, 0.25) is 5.52 Å². The molecule has 0 amide bonds. The van der Waals surface area contributed by atoms with E-state index in [4.69, 9.17) is 25.9 Å². The Morgan fingerprint density at radius 1 is 0.968 bits per heavy atom. The van der Waals surface area contributed by atoms with Crippen molar-refractivity contribution in [3.63, 3.8) is 0 Å². The SMILES string of the molecule is COc1ccc(COn2c(=O)c(-c3ccc(Cl)cc3)[n+]([O-])c3ccccc32)cc1OC. The van der Waals surface area contributed by atoms with Crippen molar-refractivity contribution >= 4 is 22.6 Å². The minimum atomic E-state index is -0.573. The number of hydrogen-bond acceptors (Lipinski definition) is 5. The summed E-state index contributed by atoms with van der Waals surface area (Å²) in [5.41, 5.74) is 1.25. The fourth-order valence-corrected chi connectivity index (χ4v) is 3.43. The van der Waals surface area contributed by atoms with Gasteiger partial charge in [0.05, 0.1) is 19.8 Å². The number of nitrogens with zero attached hydrogens (tertiary/aromatic N) is 2. The molecule has 0 saturated carbocycles. The Kier molecular flexibility index (Phi) is 5.68. The predicted octanol–water partition coefficient (Wildman–Crippen LogP) is 3.60. The molecule has 0 fully saturated rings. The van der Waals surface area contributed by atoms with Crippen LogP contribution in [-0.2, 0) is 6.61 Å². The predicted molar refractivity (Wildman–Crippen MR) is 117 cm³/mol. The molecule has 0 radical (unpaired) electrons. The summed E-state index contributed by atoms with van der Waals surface area (Å²) in [5, 5.41) is 13.5. The third-order valence-electron chi connectivity index (χ3n) is 4.84. The van der Waals surface area contributed by atoms with Crippen LogP contribution in [0.2, 0.25) is 5.02 Å². The van der Waals surface area contributed by atoms with Gasteiger partial charge in [-0.05, 0) is 48.0 Å². The number of benzene rings is 3. The van der Waals surface area contributed by atoms with Crippen LogP contribution in [0.4, 0.5) is 0 Å². The molecule has 0 unspecified atom stereocenters. The maximum absolute atomic E-state index is 13.3. The van der Waals surface area contributed by atoms with Crippen molar-refractivity contribution < 1.29 is 19.0 Å². The van der Waals surface area contributed by atoms with Crippen molar-refractivity contribution in [2.45, 2.75) is 6.61 Å². The van der Waals surface area contributed by atoms with E-state index >= 15 is 0 Å². The van der Waals surface area contributed by atoms with Crippen LogP contribution in [0, 0.1) is 5.21 Å². The molecule has 3 aromatic carbocycles. The molecular formula is C23H19ClN2O5. The van der Waals surface area contributed by atoms with E-state index < -0.39 is 5.56 Å². The molecule has 0 aliphatic carbocycles. The first kappa shape index (κ1) is 20.6. The first-order chi connectivity index (χ1) is 15.0. The summed E-state index contributed by atoms with van der Waals surface area (Å²) in [6, 6.07) is 18.6. The average Bonchev–Trinajstić information content (AvgIpc) is 2.80. The summed E-state index contributed by atoms with van der Waals surface area (Å²) in [6.45, 7) is 0.0766. The number of hydrogen-bond donors (Lipinski definition) is 0. The fraction of sp³-hybridized carbons (Fsp3) is 0.130. The lowest BCUT2D eigenvalue weighted by atomic mass is 10.1. The molecule has 0 N–H and O–H groups in total. The molecule has 0 aliphatic rings. The molecular weight excluding hydrogens is 420 g/mol. The molecule has 158 valence electrons. The highest BCUT2D eigenvalue weighted by Crippen LogP contribution is 2.27. The zero-order chi connectivity index (χ0) is 22.0. The van der Waals surface area contributed by atoms with Crippen LogP contribution in [0.25, 0.3) is 22.3 Å². The molecule has 1 aromatic heterocycles. The highest BCUT2D eigenvalue weighted by Gasteiger charge is 2.23. The Hall–Kier alpha value is -3.71. The summed E-state index contributed by atoms with van der Waals surface area (Å²) in [4.78, 5) is 19.2. The molecule has 7 nitrogen and oxygen atoms in total. The number of fused-ring (bicyclic) bond motifs is 1. The van der Waals surface area contributed by atoms with Crippen molar-refractivity contribution in [2.24, 2.45) is 0 Å². The van der Waals surface area contributed by atoms with Crippen LogP contribution in [0.5, 0.6) is 11.5 Å². The molecule has 8 heteroatoms. The average molecular weight is 439 g/mol. The molecule has 0 atom stereocenters. The Bertz CT molecular complexity index is 1300. The van der Waals surface area contributed by atoms with Crippen LogP contribution >= 0.6 is 11.6 Å². The van der Waals surface area contributed by atoms with E-state index in [2.05, 4.69) is 0 Å². The monoisotopic (exact) mass is 438 g/mol. The van der Waals surface area contributed by atoms with Crippen molar-refractivity contribution in [3.8, 4) is 22.8 Å². The van der Waals surface area contributed by atoms with Gasteiger partial charge in [0, 0.05) is 11.1 Å². The van der Waals surface area contributed by atoms with Crippen LogP contribution in [-0.4, -0.2) is 19.0 Å². The van der Waals surface area contributed by atoms with Gasteiger partial charge in [0.15, 0.2) is 17.0 Å². The summed E-state index contributed by atoms with van der Waals surface area (Å²) in [7, 11) is 3.10. The van der Waals surface area contributed by atoms with E-state index in [-0.39, 0.29) is 12.3 Å². The van der Waals surface area contributed by atoms with Gasteiger partial charge < -0.3 is 19.5 Å². The van der Waals surface area contributed by atoms with E-state index in [1.807, 2.05) is 6.07 Å². The highest BCUT2D eigenvalue weighted by atomic mass is 35.5. The Labute approximate surface area is 183 Å². The van der Waals surface area contributed by atoms with Crippen molar-refractivity contribution in [1.82, 2.24) is 4.73 Å². The maximum atomic E-state index is 13.3. The Morgan fingerprint density at radius 3 is 2.39 bits per heavy atom. The normalized spacial score (nSPS) is 10.8. The second-order valence-electron chi connectivity index (χ2n) is 6.70. The van der Waals surface area contributed by atoms with E-state index in [1.54, 1.807) is 74.9 Å². The third-order valence-corrected chi connectivity index (χ3v) is 5.09.